The van der Waals surface area contributed by atoms with Crippen LogP contribution in [0.4, 0.5) is 0 Å². The lowest BCUT2D eigenvalue weighted by molar-refractivity contribution is 0.108. The Morgan fingerprint density at radius 3 is 2.19 bits per heavy atom. The lowest BCUT2D eigenvalue weighted by atomic mass is 10.1. The second-order valence-corrected chi connectivity index (χ2v) is 7.62. The van der Waals surface area contributed by atoms with E-state index in [0.717, 1.165) is 35.7 Å². The van der Waals surface area contributed by atoms with Crippen molar-refractivity contribution in [3.63, 3.8) is 0 Å². The molecule has 0 heterocycles. The van der Waals surface area contributed by atoms with Crippen LogP contribution in [0.5, 0.6) is 5.75 Å². The SMILES string of the molecule is CCCCCCOc1ccc(SC(=O)c2ccc(CCCC)cc2)cc1. The van der Waals surface area contributed by atoms with Gasteiger partial charge in [0.05, 0.1) is 6.61 Å². The van der Waals surface area contributed by atoms with Gasteiger partial charge in [-0.3, -0.25) is 4.79 Å². The first-order valence-corrected chi connectivity index (χ1v) is 10.6. The summed E-state index contributed by atoms with van der Waals surface area (Å²) >= 11 is 1.27. The zero-order chi connectivity index (χ0) is 18.6. The minimum atomic E-state index is 0.0836. The largest absolute Gasteiger partial charge is 0.494 e. The summed E-state index contributed by atoms with van der Waals surface area (Å²) in [6.45, 7) is 5.16. The maximum Gasteiger partial charge on any atom is 0.224 e. The van der Waals surface area contributed by atoms with Crippen LogP contribution in [0.3, 0.4) is 0 Å². The summed E-state index contributed by atoms with van der Waals surface area (Å²) in [7, 11) is 0. The summed E-state index contributed by atoms with van der Waals surface area (Å²) in [4.78, 5) is 13.4. The van der Waals surface area contributed by atoms with Crippen molar-refractivity contribution in [2.75, 3.05) is 6.61 Å². The zero-order valence-corrected chi connectivity index (χ0v) is 16.8. The van der Waals surface area contributed by atoms with Gasteiger partial charge >= 0.3 is 0 Å². The summed E-state index contributed by atoms with van der Waals surface area (Å²) < 4.78 is 5.75. The number of unbranched alkanes of at least 4 members (excludes halogenated alkanes) is 4. The maximum absolute atomic E-state index is 12.4. The second-order valence-electron chi connectivity index (χ2n) is 6.57. The highest BCUT2D eigenvalue weighted by Crippen LogP contribution is 2.25. The number of benzene rings is 2. The fourth-order valence-corrected chi connectivity index (χ4v) is 3.42. The smallest absolute Gasteiger partial charge is 0.224 e. The quantitative estimate of drug-likeness (QED) is 0.317. The van der Waals surface area contributed by atoms with Gasteiger partial charge in [-0.25, -0.2) is 0 Å². The Balaban J connectivity index is 1.81. The number of ether oxygens (including phenoxy) is 1. The third kappa shape index (κ3) is 7.25. The topological polar surface area (TPSA) is 26.3 Å². The minimum Gasteiger partial charge on any atom is -0.494 e. The van der Waals surface area contributed by atoms with Crippen molar-refractivity contribution in [1.82, 2.24) is 0 Å². The van der Waals surface area contributed by atoms with Crippen molar-refractivity contribution in [1.29, 1.82) is 0 Å². The van der Waals surface area contributed by atoms with E-state index in [1.165, 1.54) is 49.4 Å². The third-order valence-electron chi connectivity index (χ3n) is 4.31. The van der Waals surface area contributed by atoms with E-state index in [0.29, 0.717) is 0 Å². The van der Waals surface area contributed by atoms with Crippen molar-refractivity contribution in [3.8, 4) is 5.75 Å². The van der Waals surface area contributed by atoms with Crippen LogP contribution >= 0.6 is 11.8 Å². The van der Waals surface area contributed by atoms with Gasteiger partial charge < -0.3 is 4.74 Å². The molecule has 0 aliphatic rings. The summed E-state index contributed by atoms with van der Waals surface area (Å²) in [5, 5.41) is 0.0836. The van der Waals surface area contributed by atoms with Gasteiger partial charge in [-0.15, -0.1) is 0 Å². The van der Waals surface area contributed by atoms with Gasteiger partial charge in [-0.2, -0.15) is 0 Å². The standard InChI is InChI=1S/C23H30O2S/c1-3-5-7-8-18-25-21-14-16-22(17-15-21)26-23(24)20-12-10-19(11-13-20)9-6-4-2/h10-17H,3-9,18H2,1-2H3. The first-order valence-electron chi connectivity index (χ1n) is 9.77. The molecule has 26 heavy (non-hydrogen) atoms. The summed E-state index contributed by atoms with van der Waals surface area (Å²) in [5.41, 5.74) is 2.06. The predicted octanol–water partition coefficient (Wildman–Crippen LogP) is 6.92. The van der Waals surface area contributed by atoms with E-state index >= 15 is 0 Å². The monoisotopic (exact) mass is 370 g/mol. The predicted molar refractivity (Wildman–Crippen MR) is 111 cm³/mol. The maximum atomic E-state index is 12.4. The highest BCUT2D eigenvalue weighted by Gasteiger charge is 2.08. The molecule has 0 saturated heterocycles. The molecule has 2 rings (SSSR count). The molecule has 0 aromatic heterocycles. The molecule has 2 nitrogen and oxygen atoms in total. The Bertz CT molecular complexity index is 647. The van der Waals surface area contributed by atoms with E-state index in [1.807, 2.05) is 36.4 Å². The highest BCUT2D eigenvalue weighted by atomic mass is 32.2. The van der Waals surface area contributed by atoms with E-state index in [1.54, 1.807) is 0 Å². The van der Waals surface area contributed by atoms with Gasteiger partial charge in [-0.1, -0.05) is 63.8 Å². The Hall–Kier alpha value is -1.74. The van der Waals surface area contributed by atoms with Crippen LogP contribution in [0.1, 0.15) is 68.3 Å². The number of thioether (sulfide) groups is 1. The lowest BCUT2D eigenvalue weighted by Gasteiger charge is -2.07. The van der Waals surface area contributed by atoms with Crippen LogP contribution in [-0.4, -0.2) is 11.7 Å². The van der Waals surface area contributed by atoms with E-state index in [9.17, 15) is 4.79 Å². The van der Waals surface area contributed by atoms with Crippen molar-refractivity contribution >= 4 is 16.9 Å². The summed E-state index contributed by atoms with van der Waals surface area (Å²) in [6, 6.07) is 15.8. The molecule has 2 aromatic carbocycles. The molecule has 3 heteroatoms. The number of carbonyl (C=O) groups is 1. The normalized spacial score (nSPS) is 10.7. The Morgan fingerprint density at radius 2 is 1.54 bits per heavy atom. The molecule has 0 bridgehead atoms. The molecule has 0 atom stereocenters. The molecule has 0 spiro atoms. The molecule has 0 saturated carbocycles. The fraction of sp³-hybridized carbons (Fsp3) is 0.435. The number of hydrogen-bond acceptors (Lipinski definition) is 3. The van der Waals surface area contributed by atoms with Crippen molar-refractivity contribution < 1.29 is 9.53 Å². The van der Waals surface area contributed by atoms with Crippen LogP contribution in [0.2, 0.25) is 0 Å². The van der Waals surface area contributed by atoms with Gasteiger partial charge in [0.25, 0.3) is 0 Å². The Kier molecular flexibility index (Phi) is 9.33. The Morgan fingerprint density at radius 1 is 0.846 bits per heavy atom. The molecule has 2 aromatic rings. The zero-order valence-electron chi connectivity index (χ0n) is 16.0. The highest BCUT2D eigenvalue weighted by molar-refractivity contribution is 8.14. The number of hydrogen-bond donors (Lipinski definition) is 0. The van der Waals surface area contributed by atoms with Crippen molar-refractivity contribution in [3.05, 3.63) is 59.7 Å². The molecule has 0 aliphatic carbocycles. The average Bonchev–Trinajstić information content (AvgIpc) is 2.68. The number of carbonyl (C=O) groups excluding carboxylic acids is 1. The van der Waals surface area contributed by atoms with Gasteiger partial charge in [-0.05, 0) is 60.9 Å². The molecule has 0 fully saturated rings. The van der Waals surface area contributed by atoms with Crippen LogP contribution in [0, 0.1) is 0 Å². The molecule has 0 unspecified atom stereocenters. The van der Waals surface area contributed by atoms with Gasteiger partial charge in [0.1, 0.15) is 5.75 Å². The van der Waals surface area contributed by atoms with E-state index in [4.69, 9.17) is 4.74 Å². The summed E-state index contributed by atoms with van der Waals surface area (Å²) in [6.07, 6.45) is 8.28. The molecule has 0 radical (unpaired) electrons. The Labute approximate surface area is 162 Å². The van der Waals surface area contributed by atoms with E-state index < -0.39 is 0 Å². The molecule has 140 valence electrons. The molecular formula is C23H30O2S. The van der Waals surface area contributed by atoms with Gasteiger partial charge in [0, 0.05) is 10.5 Å². The van der Waals surface area contributed by atoms with Crippen LogP contribution in [0.25, 0.3) is 0 Å². The van der Waals surface area contributed by atoms with Crippen LogP contribution in [-0.2, 0) is 6.42 Å². The summed E-state index contributed by atoms with van der Waals surface area (Å²) in [5.74, 6) is 0.874. The minimum absolute atomic E-state index is 0.0836. The first kappa shape index (κ1) is 20.6. The van der Waals surface area contributed by atoms with Crippen molar-refractivity contribution in [2.24, 2.45) is 0 Å². The molecule has 0 N–H and O–H groups in total. The van der Waals surface area contributed by atoms with E-state index in [2.05, 4.69) is 26.0 Å². The lowest BCUT2D eigenvalue weighted by Crippen LogP contribution is -1.97. The van der Waals surface area contributed by atoms with Crippen LogP contribution in [0.15, 0.2) is 53.4 Å². The van der Waals surface area contributed by atoms with Crippen LogP contribution < -0.4 is 4.74 Å². The average molecular weight is 371 g/mol. The fourth-order valence-electron chi connectivity index (χ4n) is 2.68. The molecular weight excluding hydrogens is 340 g/mol. The van der Waals surface area contributed by atoms with Crippen molar-refractivity contribution in [2.45, 2.75) is 63.7 Å². The third-order valence-corrected chi connectivity index (χ3v) is 5.24. The number of rotatable bonds is 11. The molecule has 0 amide bonds. The second kappa shape index (κ2) is 11.8. The van der Waals surface area contributed by atoms with Gasteiger partial charge in [0.2, 0.25) is 5.12 Å². The first-order chi connectivity index (χ1) is 12.7. The van der Waals surface area contributed by atoms with E-state index in [-0.39, 0.29) is 5.12 Å². The van der Waals surface area contributed by atoms with Gasteiger partial charge in [0.15, 0.2) is 0 Å². The number of aryl methyl sites for hydroxylation is 1. The molecule has 0 aliphatic heterocycles.